The van der Waals surface area contributed by atoms with E-state index in [1.807, 2.05) is 32.9 Å². The lowest BCUT2D eigenvalue weighted by atomic mass is 9.95. The Morgan fingerprint density at radius 3 is 2.33 bits per heavy atom. The van der Waals surface area contributed by atoms with Crippen LogP contribution in [-0.4, -0.2) is 24.3 Å². The standard InChI is InChI=1S/C20H24N2O2/c1-13-8-9-16(12-14(13)2)19(23)17-6-4-5-7-18(17)20(24)22-11-10-15(3)21/h4-9,12,15H,10-11,21H2,1-3H3,(H,22,24). The van der Waals surface area contributed by atoms with Crippen molar-refractivity contribution in [3.8, 4) is 0 Å². The Kier molecular flexibility index (Phi) is 5.88. The van der Waals surface area contributed by atoms with Crippen molar-refractivity contribution in [3.63, 3.8) is 0 Å². The zero-order valence-corrected chi connectivity index (χ0v) is 14.4. The Balaban J connectivity index is 2.25. The molecule has 0 aromatic heterocycles. The van der Waals surface area contributed by atoms with Gasteiger partial charge in [-0.15, -0.1) is 0 Å². The number of benzene rings is 2. The molecule has 4 heteroatoms. The van der Waals surface area contributed by atoms with Crippen LogP contribution in [0.2, 0.25) is 0 Å². The maximum Gasteiger partial charge on any atom is 0.252 e. The summed E-state index contributed by atoms with van der Waals surface area (Å²) in [4.78, 5) is 25.2. The van der Waals surface area contributed by atoms with Gasteiger partial charge in [-0.25, -0.2) is 0 Å². The van der Waals surface area contributed by atoms with Gasteiger partial charge >= 0.3 is 0 Å². The van der Waals surface area contributed by atoms with Crippen molar-refractivity contribution >= 4 is 11.7 Å². The molecule has 0 aliphatic heterocycles. The molecule has 1 unspecified atom stereocenters. The topological polar surface area (TPSA) is 72.2 Å². The number of nitrogens with two attached hydrogens (primary N) is 1. The van der Waals surface area contributed by atoms with E-state index in [-0.39, 0.29) is 17.7 Å². The van der Waals surface area contributed by atoms with Gasteiger partial charge < -0.3 is 11.1 Å². The summed E-state index contributed by atoms with van der Waals surface area (Å²) in [5.74, 6) is -0.389. The molecular weight excluding hydrogens is 300 g/mol. The highest BCUT2D eigenvalue weighted by Crippen LogP contribution is 2.17. The molecule has 1 atom stereocenters. The summed E-state index contributed by atoms with van der Waals surface area (Å²) in [5, 5.41) is 2.83. The van der Waals surface area contributed by atoms with Gasteiger partial charge in [0.25, 0.3) is 5.91 Å². The van der Waals surface area contributed by atoms with Crippen LogP contribution in [0.3, 0.4) is 0 Å². The Morgan fingerprint density at radius 1 is 1.04 bits per heavy atom. The Labute approximate surface area is 143 Å². The van der Waals surface area contributed by atoms with Crippen molar-refractivity contribution in [2.75, 3.05) is 6.54 Å². The molecule has 4 nitrogen and oxygen atoms in total. The average Bonchev–Trinajstić information content (AvgIpc) is 2.56. The van der Waals surface area contributed by atoms with Gasteiger partial charge in [0.15, 0.2) is 5.78 Å². The van der Waals surface area contributed by atoms with E-state index in [1.165, 1.54) is 0 Å². The molecule has 0 fully saturated rings. The second-order valence-corrected chi connectivity index (χ2v) is 6.20. The monoisotopic (exact) mass is 324 g/mol. The molecule has 0 saturated heterocycles. The van der Waals surface area contributed by atoms with E-state index in [4.69, 9.17) is 5.73 Å². The summed E-state index contributed by atoms with van der Waals surface area (Å²) in [5.41, 5.74) is 9.28. The molecule has 126 valence electrons. The molecule has 0 heterocycles. The highest BCUT2D eigenvalue weighted by atomic mass is 16.2. The molecule has 0 aliphatic carbocycles. The van der Waals surface area contributed by atoms with Crippen molar-refractivity contribution < 1.29 is 9.59 Å². The van der Waals surface area contributed by atoms with Gasteiger partial charge in [0.2, 0.25) is 0 Å². The predicted octanol–water partition coefficient (Wildman–Crippen LogP) is 3.00. The van der Waals surface area contributed by atoms with Crippen LogP contribution in [0.25, 0.3) is 0 Å². The second-order valence-electron chi connectivity index (χ2n) is 6.20. The lowest BCUT2D eigenvalue weighted by Crippen LogP contribution is -2.30. The van der Waals surface area contributed by atoms with Crippen molar-refractivity contribution in [2.24, 2.45) is 5.73 Å². The minimum atomic E-state index is -0.247. The van der Waals surface area contributed by atoms with Gasteiger partial charge in [-0.2, -0.15) is 0 Å². The third-order valence-electron chi connectivity index (χ3n) is 4.07. The number of hydrogen-bond acceptors (Lipinski definition) is 3. The maximum atomic E-state index is 12.8. The fourth-order valence-corrected chi connectivity index (χ4v) is 2.43. The summed E-state index contributed by atoms with van der Waals surface area (Å²) in [7, 11) is 0. The molecule has 0 radical (unpaired) electrons. The van der Waals surface area contributed by atoms with Crippen molar-refractivity contribution in [1.29, 1.82) is 0 Å². The SMILES string of the molecule is Cc1ccc(C(=O)c2ccccc2C(=O)NCCC(C)N)cc1C. The molecule has 2 rings (SSSR count). The Bertz CT molecular complexity index is 751. The highest BCUT2D eigenvalue weighted by molar-refractivity contribution is 6.15. The molecule has 3 N–H and O–H groups in total. The van der Waals surface area contributed by atoms with E-state index in [9.17, 15) is 9.59 Å². The third-order valence-corrected chi connectivity index (χ3v) is 4.07. The second kappa shape index (κ2) is 7.88. The largest absolute Gasteiger partial charge is 0.352 e. The summed E-state index contributed by atoms with van der Waals surface area (Å²) in [6, 6.07) is 12.5. The number of hydrogen-bond donors (Lipinski definition) is 2. The molecule has 0 spiro atoms. The maximum absolute atomic E-state index is 12.8. The van der Waals surface area contributed by atoms with Crippen molar-refractivity contribution in [2.45, 2.75) is 33.2 Å². The predicted molar refractivity (Wildman–Crippen MR) is 96.4 cm³/mol. The summed E-state index contributed by atoms with van der Waals surface area (Å²) in [6.07, 6.45) is 0.693. The molecule has 0 bridgehead atoms. The fraction of sp³-hybridized carbons (Fsp3) is 0.300. The third kappa shape index (κ3) is 4.30. The van der Waals surface area contributed by atoms with Crippen LogP contribution in [0, 0.1) is 13.8 Å². The van der Waals surface area contributed by atoms with Crippen LogP contribution in [0.1, 0.15) is 50.8 Å². The first-order valence-corrected chi connectivity index (χ1v) is 8.15. The number of carbonyl (C=O) groups is 2. The van der Waals surface area contributed by atoms with Crippen molar-refractivity contribution in [1.82, 2.24) is 5.32 Å². The molecule has 0 aliphatic rings. The van der Waals surface area contributed by atoms with Gasteiger partial charge in [0.1, 0.15) is 0 Å². The smallest absolute Gasteiger partial charge is 0.252 e. The number of nitrogens with one attached hydrogen (secondary N) is 1. The quantitative estimate of drug-likeness (QED) is 0.802. The first-order valence-electron chi connectivity index (χ1n) is 8.15. The van der Waals surface area contributed by atoms with Crippen LogP contribution >= 0.6 is 0 Å². The van der Waals surface area contributed by atoms with E-state index < -0.39 is 0 Å². The van der Waals surface area contributed by atoms with E-state index in [0.29, 0.717) is 29.7 Å². The number of rotatable bonds is 6. The number of aryl methyl sites for hydroxylation is 2. The molecule has 2 aromatic rings. The summed E-state index contributed by atoms with van der Waals surface area (Å²) >= 11 is 0. The fourth-order valence-electron chi connectivity index (χ4n) is 2.43. The first-order chi connectivity index (χ1) is 11.4. The Hall–Kier alpha value is -2.46. The Morgan fingerprint density at radius 2 is 1.71 bits per heavy atom. The minimum absolute atomic E-state index is 0.0257. The summed E-state index contributed by atoms with van der Waals surface area (Å²) in [6.45, 7) is 6.36. The minimum Gasteiger partial charge on any atom is -0.352 e. The molecular formula is C20H24N2O2. The van der Waals surface area contributed by atoms with Crippen LogP contribution in [0.4, 0.5) is 0 Å². The average molecular weight is 324 g/mol. The van der Waals surface area contributed by atoms with Gasteiger partial charge in [0, 0.05) is 23.7 Å². The van der Waals surface area contributed by atoms with Crippen LogP contribution in [-0.2, 0) is 0 Å². The van der Waals surface area contributed by atoms with Crippen LogP contribution in [0.5, 0.6) is 0 Å². The van der Waals surface area contributed by atoms with Gasteiger partial charge in [-0.1, -0.05) is 30.3 Å². The lowest BCUT2D eigenvalue weighted by molar-refractivity contribution is 0.0941. The van der Waals surface area contributed by atoms with E-state index in [0.717, 1.165) is 11.1 Å². The number of carbonyl (C=O) groups excluding carboxylic acids is 2. The normalized spacial score (nSPS) is 11.8. The summed E-state index contributed by atoms with van der Waals surface area (Å²) < 4.78 is 0. The van der Waals surface area contributed by atoms with Gasteiger partial charge in [-0.05, 0) is 50.5 Å². The molecule has 0 saturated carbocycles. The number of ketones is 1. The highest BCUT2D eigenvalue weighted by Gasteiger charge is 2.18. The van der Waals surface area contributed by atoms with E-state index in [1.54, 1.807) is 30.3 Å². The molecule has 2 aromatic carbocycles. The van der Waals surface area contributed by atoms with Gasteiger partial charge in [-0.3, -0.25) is 9.59 Å². The zero-order chi connectivity index (χ0) is 17.7. The van der Waals surface area contributed by atoms with Crippen LogP contribution < -0.4 is 11.1 Å². The van der Waals surface area contributed by atoms with Gasteiger partial charge in [0.05, 0.1) is 5.56 Å². The molecule has 24 heavy (non-hydrogen) atoms. The van der Waals surface area contributed by atoms with E-state index in [2.05, 4.69) is 5.32 Å². The molecule has 1 amide bonds. The zero-order valence-electron chi connectivity index (χ0n) is 14.4. The number of amides is 1. The van der Waals surface area contributed by atoms with Crippen molar-refractivity contribution in [3.05, 3.63) is 70.3 Å². The van der Waals surface area contributed by atoms with E-state index >= 15 is 0 Å². The van der Waals surface area contributed by atoms with Crippen LogP contribution in [0.15, 0.2) is 42.5 Å². The first kappa shape index (κ1) is 17.9. The lowest BCUT2D eigenvalue weighted by Gasteiger charge is -2.11.